The van der Waals surface area contributed by atoms with Crippen molar-refractivity contribution in [2.24, 2.45) is 47.3 Å². The molecule has 8 saturated carbocycles. The van der Waals surface area contributed by atoms with E-state index in [1.54, 1.807) is 64.2 Å². The Kier molecular flexibility index (Phi) is 2.60. The number of fused-ring (bicyclic) bond motifs is 10. The minimum atomic E-state index is -3.79. The van der Waals surface area contributed by atoms with Crippen LogP contribution in [0.1, 0.15) is 106 Å². The molecule has 8 bridgehead atoms. The molecule has 47 heavy (non-hydrogen) atoms. The van der Waals surface area contributed by atoms with Crippen molar-refractivity contribution >= 4 is 23.9 Å². The van der Waals surface area contributed by atoms with Crippen LogP contribution in [-0.2, 0) is 6.51 Å². The molecule has 0 N–H and O–H groups in total. The third-order valence-corrected chi connectivity index (χ3v) is 90.7. The summed E-state index contributed by atoms with van der Waals surface area (Å²) in [5.74, 6) is 9.46. The summed E-state index contributed by atoms with van der Waals surface area (Å²) in [6, 6.07) is 0. The second-order valence-corrected chi connectivity index (χ2v) is 63.1. The summed E-state index contributed by atoms with van der Waals surface area (Å²) in [6.07, 6.45) is 20.8. The zero-order chi connectivity index (χ0) is 31.8. The molecule has 0 radical (unpaired) electrons. The molecule has 1 spiro atoms. The maximum absolute atomic E-state index is 3.79. The van der Waals surface area contributed by atoms with Gasteiger partial charge in [0, 0.05) is 0 Å². The van der Waals surface area contributed by atoms with Gasteiger partial charge in [0.2, 0.25) is 0 Å². The maximum atomic E-state index is 3.00. The summed E-state index contributed by atoms with van der Waals surface area (Å²) in [6.45, 7) is 21.6. The molecule has 262 valence electrons. The van der Waals surface area contributed by atoms with Crippen LogP contribution in [0.15, 0.2) is 0 Å². The van der Waals surface area contributed by atoms with Gasteiger partial charge < -0.3 is 0 Å². The van der Waals surface area contributed by atoms with Crippen LogP contribution in [0, 0.1) is 47.3 Å². The van der Waals surface area contributed by atoms with E-state index in [4.69, 9.17) is 0 Å². The van der Waals surface area contributed by atoms with Gasteiger partial charge in [0.1, 0.15) is 0 Å². The Balaban J connectivity index is 0.924. The van der Waals surface area contributed by atoms with E-state index in [1.807, 2.05) is 12.3 Å². The second kappa shape index (κ2) is 4.50. The average Bonchev–Trinajstić information content (AvgIpc) is 3.89. The van der Waals surface area contributed by atoms with E-state index in [1.165, 1.54) is 92.4 Å². The van der Waals surface area contributed by atoms with Crippen LogP contribution < -0.4 is 0 Å². The summed E-state index contributed by atoms with van der Waals surface area (Å²) in [5.41, 5.74) is 2.51. The SMILES string of the molecule is CC(C)(C)P(C[C]12[CH]3[CH]4[CH]5[C]1(CP(C1C6CC7CC(C6)CC1C7)C1C6CC7CC(C6)CC1C7)[Fe]45321678[CH]2[CH]1[CH]6[C]7([Si](C)(C)C)[CH]28)C(C)(C)C. The molecular weight excluding hydrogens is 662 g/mol. The average molecular weight is 731 g/mol. The van der Waals surface area contributed by atoms with E-state index in [-0.39, 0.29) is 15.8 Å². The molecule has 8 aliphatic carbocycles. The van der Waals surface area contributed by atoms with Crippen LogP contribution in [-0.4, -0.2) is 42.0 Å². The molecule has 10 aliphatic heterocycles. The van der Waals surface area contributed by atoms with Gasteiger partial charge in [-0.05, 0) is 0 Å². The quantitative estimate of drug-likeness (QED) is 0.181. The Labute approximate surface area is 281 Å². The van der Waals surface area contributed by atoms with Gasteiger partial charge in [-0.2, -0.15) is 0 Å². The first-order chi connectivity index (χ1) is 21.8. The molecule has 0 aromatic carbocycles. The summed E-state index contributed by atoms with van der Waals surface area (Å²) in [7, 11) is -0.941. The monoisotopic (exact) mass is 730 g/mol. The van der Waals surface area contributed by atoms with Gasteiger partial charge in [0.05, 0.1) is 0 Å². The number of rotatable bonds is 7. The summed E-state index contributed by atoms with van der Waals surface area (Å²) in [5, 5.41) is 1.05. The van der Waals surface area contributed by atoms with E-state index in [9.17, 15) is 0 Å². The molecule has 10 heterocycles. The van der Waals surface area contributed by atoms with Crippen molar-refractivity contribution in [2.75, 3.05) is 12.3 Å². The first-order valence-corrected chi connectivity index (χ1v) is 34.4. The Hall–Kier alpha value is 1.60. The van der Waals surface area contributed by atoms with Crippen molar-refractivity contribution < 1.29 is 6.51 Å². The standard InChI is InChI=1S/C35H55P2.C8H13Si.Fe/c1-34(2,3)37(35(4,5)6)21-27-9-7-8-26(27)20-36(32-28-12-22-10-23(14-28)15-29(32)13-22)33-30-16-24-11-25(18-30)19-31(33)17-24;1-9(2,3)8-6-4-5-7-8;/h7-9,22-25,28-33H,10-21H2,1-6H3;4-7H,1-3H3;. The zero-order valence-corrected chi connectivity index (χ0v) is 35.4. The number of hydrogen-bond donors (Lipinski definition) is 0. The Morgan fingerprint density at radius 1 is 0.532 bits per heavy atom. The van der Waals surface area contributed by atoms with E-state index >= 15 is 0 Å². The molecule has 18 aliphatic rings. The fourth-order valence-corrected chi connectivity index (χ4v) is 153. The summed E-state index contributed by atoms with van der Waals surface area (Å²) >= 11 is 0. The van der Waals surface area contributed by atoms with Gasteiger partial charge in [-0.15, -0.1) is 0 Å². The Morgan fingerprint density at radius 3 is 1.21 bits per heavy atom. The van der Waals surface area contributed by atoms with Crippen LogP contribution in [0.3, 0.4) is 0 Å². The van der Waals surface area contributed by atoms with Crippen LogP contribution in [0.25, 0.3) is 0 Å². The van der Waals surface area contributed by atoms with Crippen LogP contribution >= 0.6 is 15.8 Å². The Morgan fingerprint density at radius 2 is 0.915 bits per heavy atom. The molecule has 10 saturated heterocycles. The van der Waals surface area contributed by atoms with Gasteiger partial charge in [-0.1, -0.05) is 0 Å². The summed E-state index contributed by atoms with van der Waals surface area (Å²) < 4.78 is 3.25. The van der Waals surface area contributed by atoms with Gasteiger partial charge in [-0.25, -0.2) is 0 Å². The number of hydrogen-bond acceptors (Lipinski definition) is 0. The van der Waals surface area contributed by atoms with E-state index in [0.717, 1.165) is 12.6 Å². The van der Waals surface area contributed by atoms with Crippen LogP contribution in [0.2, 0.25) is 65.9 Å². The molecule has 0 amide bonds. The van der Waals surface area contributed by atoms with E-state index in [0.29, 0.717) is 10.3 Å². The molecule has 0 aromatic heterocycles. The van der Waals surface area contributed by atoms with Crippen molar-refractivity contribution in [3.05, 3.63) is 0 Å². The predicted octanol–water partition coefficient (Wildman–Crippen LogP) is 13.6. The van der Waals surface area contributed by atoms with E-state index in [2.05, 4.69) is 61.2 Å². The van der Waals surface area contributed by atoms with Gasteiger partial charge in [0.15, 0.2) is 0 Å². The van der Waals surface area contributed by atoms with Crippen LogP contribution in [0.5, 0.6) is 0 Å². The fourth-order valence-electron chi connectivity index (χ4n) is 32.1. The van der Waals surface area contributed by atoms with Gasteiger partial charge in [-0.3, -0.25) is 0 Å². The second-order valence-electron chi connectivity index (χ2n) is 27.8. The fraction of sp³-hybridized carbons (Fsp3) is 1.00. The normalized spacial score (nSPS) is 79.3. The third-order valence-electron chi connectivity index (χ3n) is 28.3. The molecule has 0 aromatic rings. The summed E-state index contributed by atoms with van der Waals surface area (Å²) in [4.78, 5) is 10.3. The minimum absolute atomic E-state index is 0.0453. The first-order valence-electron chi connectivity index (χ1n) is 21.6. The van der Waals surface area contributed by atoms with Crippen molar-refractivity contribution in [1.29, 1.82) is 0 Å². The molecule has 0 nitrogen and oxygen atoms in total. The third kappa shape index (κ3) is 0.873. The predicted molar refractivity (Wildman–Crippen MR) is 202 cm³/mol. The molecule has 9 unspecified atom stereocenters. The molecule has 18 rings (SSSR count). The molecule has 18 fully saturated rings. The van der Waals surface area contributed by atoms with Crippen LogP contribution in [0.4, 0.5) is 0 Å². The van der Waals surface area contributed by atoms with Crippen molar-refractivity contribution in [1.82, 2.24) is 0 Å². The first kappa shape index (κ1) is 27.2. The van der Waals surface area contributed by atoms with Gasteiger partial charge >= 0.3 is 283 Å². The molecular formula is C43H68FeP2Si. The van der Waals surface area contributed by atoms with Gasteiger partial charge in [0.25, 0.3) is 0 Å². The molecule has 4 heteroatoms. The topological polar surface area (TPSA) is 0 Å². The zero-order valence-electron chi connectivity index (χ0n) is 31.5. The Bertz CT molecular complexity index is 1980. The van der Waals surface area contributed by atoms with Crippen molar-refractivity contribution in [3.8, 4) is 0 Å². The van der Waals surface area contributed by atoms with Crippen molar-refractivity contribution in [3.63, 3.8) is 0 Å². The van der Waals surface area contributed by atoms with Crippen molar-refractivity contribution in [2.45, 2.75) is 193 Å². The van der Waals surface area contributed by atoms with E-state index < -0.39 is 14.6 Å². The molecule has 9 atom stereocenters.